The Hall–Kier alpha value is -3.42. The lowest BCUT2D eigenvalue weighted by Crippen LogP contribution is -2.07. The van der Waals surface area contributed by atoms with E-state index in [4.69, 9.17) is 28.4 Å². The Labute approximate surface area is 162 Å². The predicted molar refractivity (Wildman–Crippen MR) is 101 cm³/mol. The SMILES string of the molecule is COc1cc(OC)c(-c2c(OC)cc(OC)cc2OC(C)=O)c(OC(C)=O)c1. The van der Waals surface area contributed by atoms with Crippen LogP contribution in [0.4, 0.5) is 0 Å². The molecule has 2 aromatic carbocycles. The molecule has 0 aromatic heterocycles. The molecule has 0 radical (unpaired) electrons. The van der Waals surface area contributed by atoms with Crippen molar-refractivity contribution in [3.05, 3.63) is 24.3 Å². The summed E-state index contributed by atoms with van der Waals surface area (Å²) in [7, 11) is 5.86. The van der Waals surface area contributed by atoms with E-state index in [-0.39, 0.29) is 11.5 Å². The number of benzene rings is 2. The molecular formula is C20H22O8. The van der Waals surface area contributed by atoms with E-state index in [1.54, 1.807) is 12.1 Å². The highest BCUT2D eigenvalue weighted by Gasteiger charge is 2.26. The summed E-state index contributed by atoms with van der Waals surface area (Å²) in [5.74, 6) is 0.703. The van der Waals surface area contributed by atoms with E-state index in [0.717, 1.165) is 0 Å². The lowest BCUT2D eigenvalue weighted by molar-refractivity contribution is -0.132. The zero-order valence-electron chi connectivity index (χ0n) is 16.6. The summed E-state index contributed by atoms with van der Waals surface area (Å²) in [4.78, 5) is 23.3. The van der Waals surface area contributed by atoms with Gasteiger partial charge < -0.3 is 28.4 Å². The largest absolute Gasteiger partial charge is 0.496 e. The molecule has 0 spiro atoms. The fourth-order valence-electron chi connectivity index (χ4n) is 2.65. The summed E-state index contributed by atoms with van der Waals surface area (Å²) in [6.07, 6.45) is 0. The highest BCUT2D eigenvalue weighted by Crippen LogP contribution is 2.50. The Bertz CT molecular complexity index is 815. The Balaban J connectivity index is 2.91. The van der Waals surface area contributed by atoms with Crippen molar-refractivity contribution in [2.24, 2.45) is 0 Å². The molecule has 28 heavy (non-hydrogen) atoms. The maximum absolute atomic E-state index is 11.7. The summed E-state index contributed by atoms with van der Waals surface area (Å²) in [6.45, 7) is 2.54. The molecule has 0 saturated carbocycles. The van der Waals surface area contributed by atoms with E-state index in [1.807, 2.05) is 0 Å². The minimum Gasteiger partial charge on any atom is -0.496 e. The Kier molecular flexibility index (Phi) is 6.70. The molecule has 0 N–H and O–H groups in total. The number of ether oxygens (including phenoxy) is 6. The molecule has 0 aliphatic heterocycles. The van der Waals surface area contributed by atoms with Gasteiger partial charge in [-0.05, 0) is 0 Å². The summed E-state index contributed by atoms with van der Waals surface area (Å²) < 4.78 is 32.2. The van der Waals surface area contributed by atoms with Crippen LogP contribution in [0.15, 0.2) is 24.3 Å². The van der Waals surface area contributed by atoms with Gasteiger partial charge in [-0.15, -0.1) is 0 Å². The fourth-order valence-corrected chi connectivity index (χ4v) is 2.65. The van der Waals surface area contributed by atoms with Crippen LogP contribution in [-0.2, 0) is 9.59 Å². The molecule has 0 heterocycles. The highest BCUT2D eigenvalue weighted by molar-refractivity contribution is 5.90. The third-order valence-corrected chi connectivity index (χ3v) is 3.75. The number of methoxy groups -OCH3 is 4. The lowest BCUT2D eigenvalue weighted by atomic mass is 10.00. The molecule has 150 valence electrons. The molecule has 0 unspecified atom stereocenters. The van der Waals surface area contributed by atoms with Gasteiger partial charge in [-0.2, -0.15) is 0 Å². The summed E-state index contributed by atoms with van der Waals surface area (Å²) in [5.41, 5.74) is 0.712. The number of hydrogen-bond acceptors (Lipinski definition) is 8. The van der Waals surface area contributed by atoms with Crippen LogP contribution >= 0.6 is 0 Å². The quantitative estimate of drug-likeness (QED) is 0.526. The maximum atomic E-state index is 11.7. The molecule has 8 heteroatoms. The van der Waals surface area contributed by atoms with Crippen molar-refractivity contribution in [2.45, 2.75) is 13.8 Å². The smallest absolute Gasteiger partial charge is 0.308 e. The second kappa shape index (κ2) is 8.98. The maximum Gasteiger partial charge on any atom is 0.308 e. The van der Waals surface area contributed by atoms with Crippen molar-refractivity contribution in [1.29, 1.82) is 0 Å². The first-order chi connectivity index (χ1) is 13.3. The van der Waals surface area contributed by atoms with Crippen molar-refractivity contribution in [3.8, 4) is 45.6 Å². The second-order valence-corrected chi connectivity index (χ2v) is 5.59. The minimum absolute atomic E-state index is 0.153. The fraction of sp³-hybridized carbons (Fsp3) is 0.300. The number of hydrogen-bond donors (Lipinski definition) is 0. The van der Waals surface area contributed by atoms with Gasteiger partial charge in [0.1, 0.15) is 34.5 Å². The molecule has 2 aromatic rings. The van der Waals surface area contributed by atoms with Gasteiger partial charge >= 0.3 is 11.9 Å². The highest BCUT2D eigenvalue weighted by atomic mass is 16.5. The van der Waals surface area contributed by atoms with Gasteiger partial charge in [-0.1, -0.05) is 0 Å². The molecule has 0 bridgehead atoms. The third-order valence-electron chi connectivity index (χ3n) is 3.75. The average Bonchev–Trinajstić information content (AvgIpc) is 2.66. The topological polar surface area (TPSA) is 89.5 Å². The van der Waals surface area contributed by atoms with E-state index in [0.29, 0.717) is 34.1 Å². The molecule has 0 saturated heterocycles. The Morgan fingerprint density at radius 1 is 0.571 bits per heavy atom. The summed E-state index contributed by atoms with van der Waals surface area (Å²) in [6, 6.07) is 6.29. The predicted octanol–water partition coefficient (Wildman–Crippen LogP) is 3.24. The number of esters is 2. The minimum atomic E-state index is -0.543. The van der Waals surface area contributed by atoms with Crippen molar-refractivity contribution in [2.75, 3.05) is 28.4 Å². The van der Waals surface area contributed by atoms with Gasteiger partial charge in [-0.25, -0.2) is 0 Å². The average molecular weight is 390 g/mol. The van der Waals surface area contributed by atoms with Crippen LogP contribution < -0.4 is 28.4 Å². The zero-order valence-corrected chi connectivity index (χ0v) is 16.6. The first-order valence-corrected chi connectivity index (χ1v) is 8.23. The molecule has 2 rings (SSSR count). The number of rotatable bonds is 7. The van der Waals surface area contributed by atoms with Crippen LogP contribution in [0.1, 0.15) is 13.8 Å². The monoisotopic (exact) mass is 390 g/mol. The van der Waals surface area contributed by atoms with Gasteiger partial charge in [0.15, 0.2) is 0 Å². The van der Waals surface area contributed by atoms with E-state index >= 15 is 0 Å². The van der Waals surface area contributed by atoms with Gasteiger partial charge in [0.05, 0.1) is 39.6 Å². The van der Waals surface area contributed by atoms with Crippen LogP contribution in [0.25, 0.3) is 11.1 Å². The van der Waals surface area contributed by atoms with Gasteiger partial charge in [0.25, 0.3) is 0 Å². The van der Waals surface area contributed by atoms with Crippen LogP contribution in [0.5, 0.6) is 34.5 Å². The number of carbonyl (C=O) groups excluding carboxylic acids is 2. The first kappa shape index (κ1) is 20.9. The van der Waals surface area contributed by atoms with E-state index in [1.165, 1.54) is 54.4 Å². The molecule has 0 fully saturated rings. The standard InChI is InChI=1S/C20H22O8/c1-11(21)27-17-9-13(23-3)7-15(25-5)19(17)20-16(26-6)8-14(24-4)10-18(20)28-12(2)22/h7-10H,1-6H3. The molecule has 0 aliphatic carbocycles. The van der Waals surface area contributed by atoms with Crippen LogP contribution in [0, 0.1) is 0 Å². The van der Waals surface area contributed by atoms with Gasteiger partial charge in [0, 0.05) is 38.1 Å². The van der Waals surface area contributed by atoms with Crippen LogP contribution in [0.2, 0.25) is 0 Å². The summed E-state index contributed by atoms with van der Waals surface area (Å²) in [5, 5.41) is 0. The van der Waals surface area contributed by atoms with Crippen molar-refractivity contribution >= 4 is 11.9 Å². The third kappa shape index (κ3) is 4.46. The van der Waals surface area contributed by atoms with Crippen molar-refractivity contribution < 1.29 is 38.0 Å². The first-order valence-electron chi connectivity index (χ1n) is 8.23. The molecule has 8 nitrogen and oxygen atoms in total. The molecule has 0 aliphatic rings. The van der Waals surface area contributed by atoms with E-state index in [9.17, 15) is 9.59 Å². The van der Waals surface area contributed by atoms with E-state index < -0.39 is 11.9 Å². The lowest BCUT2D eigenvalue weighted by Gasteiger charge is -2.20. The Morgan fingerprint density at radius 2 is 0.893 bits per heavy atom. The van der Waals surface area contributed by atoms with Crippen molar-refractivity contribution in [3.63, 3.8) is 0 Å². The molecular weight excluding hydrogens is 368 g/mol. The van der Waals surface area contributed by atoms with Gasteiger partial charge in [-0.3, -0.25) is 9.59 Å². The normalized spacial score (nSPS) is 10.1. The molecule has 0 atom stereocenters. The Morgan fingerprint density at radius 3 is 1.14 bits per heavy atom. The van der Waals surface area contributed by atoms with Crippen LogP contribution in [0.3, 0.4) is 0 Å². The number of carbonyl (C=O) groups is 2. The zero-order chi connectivity index (χ0) is 20.8. The van der Waals surface area contributed by atoms with Crippen molar-refractivity contribution in [1.82, 2.24) is 0 Å². The molecule has 0 amide bonds. The summed E-state index contributed by atoms with van der Waals surface area (Å²) >= 11 is 0. The van der Waals surface area contributed by atoms with E-state index in [2.05, 4.69) is 0 Å². The van der Waals surface area contributed by atoms with Gasteiger partial charge in [0.2, 0.25) is 0 Å². The van der Waals surface area contributed by atoms with Crippen LogP contribution in [-0.4, -0.2) is 40.4 Å². The second-order valence-electron chi connectivity index (χ2n) is 5.59.